The fourth-order valence-electron chi connectivity index (χ4n) is 2.43. The third-order valence-electron chi connectivity index (χ3n) is 3.27. The van der Waals surface area contributed by atoms with E-state index in [-0.39, 0.29) is 11.9 Å². The van der Waals surface area contributed by atoms with E-state index in [0.29, 0.717) is 31.1 Å². The number of rotatable bonds is 4. The molecule has 0 aromatic heterocycles. The number of aliphatic hydroxyl groups is 1. The van der Waals surface area contributed by atoms with E-state index in [0.717, 1.165) is 12.1 Å². The second-order valence-corrected chi connectivity index (χ2v) is 5.75. The van der Waals surface area contributed by atoms with Crippen molar-refractivity contribution in [2.24, 2.45) is 0 Å². The molecule has 2 unspecified atom stereocenters. The van der Waals surface area contributed by atoms with Crippen LogP contribution in [0.1, 0.15) is 18.9 Å². The maximum Gasteiger partial charge on any atom is 0.124 e. The highest BCUT2D eigenvalue weighted by Gasteiger charge is 2.27. The highest BCUT2D eigenvalue weighted by atomic mass is 35.5. The minimum atomic E-state index is -0.903. The van der Waals surface area contributed by atoms with E-state index in [1.54, 1.807) is 13.0 Å². The number of halogens is 2. The van der Waals surface area contributed by atoms with Gasteiger partial charge in [0.1, 0.15) is 5.82 Å². The maximum absolute atomic E-state index is 13.0. The van der Waals surface area contributed by atoms with Gasteiger partial charge in [-0.3, -0.25) is 0 Å². The molecule has 0 spiro atoms. The van der Waals surface area contributed by atoms with Crippen molar-refractivity contribution in [2.75, 3.05) is 19.8 Å². The van der Waals surface area contributed by atoms with E-state index in [2.05, 4.69) is 5.32 Å². The lowest BCUT2D eigenvalue weighted by molar-refractivity contribution is 0.00651. The predicted octanol–water partition coefficient (Wildman–Crippen LogP) is 2.15. The molecule has 0 saturated carbocycles. The predicted molar refractivity (Wildman–Crippen MR) is 73.0 cm³/mol. The van der Waals surface area contributed by atoms with Gasteiger partial charge in [0.25, 0.3) is 0 Å². The van der Waals surface area contributed by atoms with Gasteiger partial charge >= 0.3 is 0 Å². The van der Waals surface area contributed by atoms with Crippen LogP contribution in [0.5, 0.6) is 0 Å². The molecule has 0 aliphatic carbocycles. The van der Waals surface area contributed by atoms with Gasteiger partial charge in [-0.25, -0.2) is 4.39 Å². The van der Waals surface area contributed by atoms with Gasteiger partial charge in [-0.05, 0) is 31.0 Å². The molecule has 3 nitrogen and oxygen atoms in total. The Morgan fingerprint density at radius 3 is 3.00 bits per heavy atom. The number of morpholine rings is 1. The molecule has 1 aromatic rings. The summed E-state index contributed by atoms with van der Waals surface area (Å²) < 4.78 is 18.3. The quantitative estimate of drug-likeness (QED) is 0.892. The average molecular weight is 288 g/mol. The van der Waals surface area contributed by atoms with E-state index < -0.39 is 5.60 Å². The Hall–Kier alpha value is -0.680. The molecule has 0 amide bonds. The second-order valence-electron chi connectivity index (χ2n) is 5.34. The van der Waals surface area contributed by atoms with Gasteiger partial charge < -0.3 is 15.2 Å². The molecule has 1 aromatic carbocycles. The molecule has 106 valence electrons. The number of benzene rings is 1. The average Bonchev–Trinajstić information content (AvgIpc) is 2.33. The maximum atomic E-state index is 13.0. The van der Waals surface area contributed by atoms with Crippen LogP contribution >= 0.6 is 11.6 Å². The van der Waals surface area contributed by atoms with Crippen molar-refractivity contribution in [2.45, 2.75) is 31.4 Å². The van der Waals surface area contributed by atoms with Crippen molar-refractivity contribution in [1.29, 1.82) is 0 Å². The molecular formula is C14H19ClFNO2. The van der Waals surface area contributed by atoms with Gasteiger partial charge in [-0.1, -0.05) is 17.7 Å². The van der Waals surface area contributed by atoms with Crippen molar-refractivity contribution in [3.63, 3.8) is 0 Å². The van der Waals surface area contributed by atoms with Crippen LogP contribution in [0.3, 0.4) is 0 Å². The van der Waals surface area contributed by atoms with Crippen LogP contribution in [0.15, 0.2) is 18.2 Å². The van der Waals surface area contributed by atoms with Crippen molar-refractivity contribution >= 4 is 11.6 Å². The summed E-state index contributed by atoms with van der Waals surface area (Å²) in [4.78, 5) is 0. The first-order chi connectivity index (χ1) is 8.96. The van der Waals surface area contributed by atoms with Gasteiger partial charge in [0.2, 0.25) is 0 Å². The minimum absolute atomic E-state index is 0.142. The van der Waals surface area contributed by atoms with Crippen molar-refractivity contribution in [3.8, 4) is 0 Å². The van der Waals surface area contributed by atoms with Gasteiger partial charge in [0.05, 0.1) is 18.8 Å². The number of hydrogen-bond donors (Lipinski definition) is 2. The van der Waals surface area contributed by atoms with Gasteiger partial charge in [-0.2, -0.15) is 0 Å². The second kappa shape index (κ2) is 6.18. The van der Waals surface area contributed by atoms with Crippen molar-refractivity contribution in [3.05, 3.63) is 34.6 Å². The van der Waals surface area contributed by atoms with Gasteiger partial charge in [-0.15, -0.1) is 0 Å². The Bertz CT molecular complexity index is 433. The third-order valence-corrected chi connectivity index (χ3v) is 3.62. The van der Waals surface area contributed by atoms with E-state index in [1.807, 2.05) is 0 Å². The fraction of sp³-hybridized carbons (Fsp3) is 0.571. The Morgan fingerprint density at radius 2 is 2.37 bits per heavy atom. The zero-order valence-corrected chi connectivity index (χ0v) is 11.7. The summed E-state index contributed by atoms with van der Waals surface area (Å²) in [5.74, 6) is -0.365. The Balaban J connectivity index is 1.99. The van der Waals surface area contributed by atoms with Crippen molar-refractivity contribution < 1.29 is 14.2 Å². The van der Waals surface area contributed by atoms with Gasteiger partial charge in [0.15, 0.2) is 0 Å². The lowest BCUT2D eigenvalue weighted by Gasteiger charge is -2.31. The summed E-state index contributed by atoms with van der Waals surface area (Å²) in [6, 6.07) is 4.40. The summed E-state index contributed by atoms with van der Waals surface area (Å²) in [5.41, 5.74) is -0.149. The molecule has 1 heterocycles. The standard InChI is InChI=1S/C14H19ClFNO2/c1-14(18,8-12-9-19-5-4-17-12)7-10-2-3-11(16)6-13(10)15/h2-3,6,12,17-18H,4-5,7-9H2,1H3. The van der Waals surface area contributed by atoms with Crippen LogP contribution < -0.4 is 5.32 Å². The van der Waals surface area contributed by atoms with Crippen LogP contribution in [-0.4, -0.2) is 36.5 Å². The SMILES string of the molecule is CC(O)(Cc1ccc(F)cc1Cl)CC1COCCN1. The molecule has 1 aliphatic heterocycles. The molecule has 19 heavy (non-hydrogen) atoms. The van der Waals surface area contributed by atoms with Crippen LogP contribution in [0, 0.1) is 5.82 Å². The molecule has 1 aliphatic rings. The number of ether oxygens (including phenoxy) is 1. The molecule has 2 rings (SSSR count). The Labute approximate surface area is 117 Å². The molecular weight excluding hydrogens is 269 g/mol. The highest BCUT2D eigenvalue weighted by Crippen LogP contribution is 2.25. The molecule has 2 atom stereocenters. The third kappa shape index (κ3) is 4.42. The first-order valence-electron chi connectivity index (χ1n) is 6.44. The Kier molecular flexibility index (Phi) is 4.79. The molecule has 1 saturated heterocycles. The van der Waals surface area contributed by atoms with Crippen LogP contribution in [0.4, 0.5) is 4.39 Å². The van der Waals surface area contributed by atoms with E-state index in [9.17, 15) is 9.50 Å². The lowest BCUT2D eigenvalue weighted by atomic mass is 9.89. The number of hydrogen-bond acceptors (Lipinski definition) is 3. The monoisotopic (exact) mass is 287 g/mol. The van der Waals surface area contributed by atoms with Gasteiger partial charge in [0, 0.05) is 24.0 Å². The van der Waals surface area contributed by atoms with Crippen molar-refractivity contribution in [1.82, 2.24) is 5.32 Å². The largest absolute Gasteiger partial charge is 0.390 e. The van der Waals surface area contributed by atoms with E-state index in [4.69, 9.17) is 16.3 Å². The first kappa shape index (κ1) is 14.7. The highest BCUT2D eigenvalue weighted by molar-refractivity contribution is 6.31. The molecule has 0 bridgehead atoms. The summed E-state index contributed by atoms with van der Waals surface area (Å²) in [5, 5.41) is 14.1. The van der Waals surface area contributed by atoms with E-state index >= 15 is 0 Å². The normalized spacial score (nSPS) is 23.1. The van der Waals surface area contributed by atoms with Crippen LogP contribution in [0.25, 0.3) is 0 Å². The molecule has 0 radical (unpaired) electrons. The summed E-state index contributed by atoms with van der Waals surface area (Å²) in [7, 11) is 0. The smallest absolute Gasteiger partial charge is 0.124 e. The summed E-state index contributed by atoms with van der Waals surface area (Å²) in [6.07, 6.45) is 0.963. The zero-order valence-electron chi connectivity index (χ0n) is 11.0. The molecule has 1 fully saturated rings. The molecule has 5 heteroatoms. The van der Waals surface area contributed by atoms with Crippen LogP contribution in [-0.2, 0) is 11.2 Å². The topological polar surface area (TPSA) is 41.5 Å². The summed E-state index contributed by atoms with van der Waals surface area (Å²) >= 11 is 5.99. The fourth-order valence-corrected chi connectivity index (χ4v) is 2.66. The Morgan fingerprint density at radius 1 is 1.58 bits per heavy atom. The zero-order chi connectivity index (χ0) is 13.9. The minimum Gasteiger partial charge on any atom is -0.390 e. The lowest BCUT2D eigenvalue weighted by Crippen LogP contribution is -2.46. The molecule has 2 N–H and O–H groups in total. The number of nitrogens with one attached hydrogen (secondary N) is 1. The van der Waals surface area contributed by atoms with E-state index in [1.165, 1.54) is 12.1 Å². The summed E-state index contributed by atoms with van der Waals surface area (Å²) in [6.45, 7) is 3.89. The first-order valence-corrected chi connectivity index (χ1v) is 6.81. The van der Waals surface area contributed by atoms with Crippen LogP contribution in [0.2, 0.25) is 5.02 Å².